The van der Waals surface area contributed by atoms with Crippen LogP contribution in [0.1, 0.15) is 26.7 Å². The monoisotopic (exact) mass is 361 g/mol. The Morgan fingerprint density at radius 2 is 1.96 bits per heavy atom. The van der Waals surface area contributed by atoms with Crippen LogP contribution in [0.2, 0.25) is 0 Å². The lowest BCUT2D eigenvalue weighted by Crippen LogP contribution is -2.32. The minimum Gasteiger partial charge on any atom is -0.493 e. The molecule has 0 aliphatic carbocycles. The molecule has 0 saturated carbocycles. The largest absolute Gasteiger partial charge is 0.493 e. The molecule has 8 heteroatoms. The minimum absolute atomic E-state index is 0.250. The van der Waals surface area contributed by atoms with Gasteiger partial charge in [0, 0.05) is 18.7 Å². The number of nitrogens with zero attached hydrogens (tertiary/aromatic N) is 3. The molecule has 0 N–H and O–H groups in total. The molecule has 140 valence electrons. The molecule has 0 radical (unpaired) electrons. The summed E-state index contributed by atoms with van der Waals surface area (Å²) in [4.78, 5) is 22.9. The maximum atomic E-state index is 8.12. The Morgan fingerprint density at radius 1 is 1.27 bits per heavy atom. The average Bonchev–Trinajstić information content (AvgIpc) is 3.14. The first-order chi connectivity index (χ1) is 12.6. The Morgan fingerprint density at radius 3 is 2.58 bits per heavy atom. The Balaban J connectivity index is 0.000000758. The van der Waals surface area contributed by atoms with E-state index in [1.165, 1.54) is 0 Å². The highest BCUT2D eigenvalue weighted by molar-refractivity contribution is 5.61. The third kappa shape index (κ3) is 4.83. The SMILES string of the molecule is CCOc1ccc(-c2noc(N3CCC(C)CC3)n2)cc1OC.O=C=O. The van der Waals surface area contributed by atoms with E-state index in [4.69, 9.17) is 23.6 Å². The fourth-order valence-electron chi connectivity index (χ4n) is 2.74. The van der Waals surface area contributed by atoms with Crippen molar-refractivity contribution in [1.29, 1.82) is 0 Å². The van der Waals surface area contributed by atoms with Crippen molar-refractivity contribution in [3.05, 3.63) is 18.2 Å². The summed E-state index contributed by atoms with van der Waals surface area (Å²) in [6, 6.07) is 6.26. The number of anilines is 1. The molecule has 1 aromatic heterocycles. The molecule has 0 bridgehead atoms. The fraction of sp³-hybridized carbons (Fsp3) is 0.500. The van der Waals surface area contributed by atoms with Crippen LogP contribution >= 0.6 is 0 Å². The van der Waals surface area contributed by atoms with Crippen molar-refractivity contribution >= 4 is 12.2 Å². The summed E-state index contributed by atoms with van der Waals surface area (Å²) >= 11 is 0. The molecular weight excluding hydrogens is 338 g/mol. The summed E-state index contributed by atoms with van der Waals surface area (Å²) in [6.07, 6.45) is 2.57. The van der Waals surface area contributed by atoms with E-state index in [2.05, 4.69) is 22.0 Å². The smallest absolute Gasteiger partial charge is 0.373 e. The van der Waals surface area contributed by atoms with Crippen molar-refractivity contribution in [3.63, 3.8) is 0 Å². The summed E-state index contributed by atoms with van der Waals surface area (Å²) in [5.41, 5.74) is 0.852. The lowest BCUT2D eigenvalue weighted by atomic mass is 10.00. The van der Waals surface area contributed by atoms with Gasteiger partial charge in [-0.05, 0) is 43.9 Å². The van der Waals surface area contributed by atoms with E-state index in [0.29, 0.717) is 29.9 Å². The number of benzene rings is 1. The van der Waals surface area contributed by atoms with Gasteiger partial charge in [0.1, 0.15) is 0 Å². The van der Waals surface area contributed by atoms with Crippen LogP contribution in [0.15, 0.2) is 22.7 Å². The molecule has 1 aromatic carbocycles. The van der Waals surface area contributed by atoms with Crippen LogP contribution < -0.4 is 14.4 Å². The van der Waals surface area contributed by atoms with E-state index in [1.54, 1.807) is 7.11 Å². The van der Waals surface area contributed by atoms with Crippen molar-refractivity contribution in [2.45, 2.75) is 26.7 Å². The van der Waals surface area contributed by atoms with Gasteiger partial charge < -0.3 is 18.9 Å². The van der Waals surface area contributed by atoms with Gasteiger partial charge in [-0.15, -0.1) is 0 Å². The van der Waals surface area contributed by atoms with E-state index >= 15 is 0 Å². The second-order valence-corrected chi connectivity index (χ2v) is 5.95. The van der Waals surface area contributed by atoms with Gasteiger partial charge in [-0.2, -0.15) is 14.6 Å². The molecule has 1 aliphatic rings. The van der Waals surface area contributed by atoms with Crippen LogP contribution in [0.25, 0.3) is 11.4 Å². The lowest BCUT2D eigenvalue weighted by Gasteiger charge is -2.28. The molecule has 1 aliphatic heterocycles. The highest BCUT2D eigenvalue weighted by Gasteiger charge is 2.21. The van der Waals surface area contributed by atoms with Crippen molar-refractivity contribution in [2.24, 2.45) is 5.92 Å². The van der Waals surface area contributed by atoms with E-state index in [0.717, 1.165) is 37.4 Å². The number of rotatable bonds is 5. The maximum Gasteiger partial charge on any atom is 0.373 e. The molecule has 26 heavy (non-hydrogen) atoms. The number of piperidine rings is 1. The van der Waals surface area contributed by atoms with E-state index in [-0.39, 0.29) is 6.15 Å². The number of ether oxygens (including phenoxy) is 2. The van der Waals surface area contributed by atoms with E-state index in [1.807, 2.05) is 25.1 Å². The van der Waals surface area contributed by atoms with Crippen molar-refractivity contribution < 1.29 is 23.6 Å². The number of hydrogen-bond acceptors (Lipinski definition) is 8. The highest BCUT2D eigenvalue weighted by atomic mass is 16.5. The van der Waals surface area contributed by atoms with Crippen molar-refractivity contribution in [1.82, 2.24) is 10.1 Å². The zero-order valence-corrected chi connectivity index (χ0v) is 15.2. The van der Waals surface area contributed by atoms with Gasteiger partial charge in [0.15, 0.2) is 11.5 Å². The number of hydrogen-bond donors (Lipinski definition) is 0. The van der Waals surface area contributed by atoms with Crippen molar-refractivity contribution in [2.75, 3.05) is 31.7 Å². The molecule has 1 saturated heterocycles. The Labute approximate surface area is 152 Å². The van der Waals surface area contributed by atoms with Crippen LogP contribution in [0, 0.1) is 5.92 Å². The van der Waals surface area contributed by atoms with Crippen molar-refractivity contribution in [3.8, 4) is 22.9 Å². The molecule has 0 spiro atoms. The Bertz CT molecular complexity index is 732. The summed E-state index contributed by atoms with van der Waals surface area (Å²) in [6.45, 7) is 6.75. The number of aromatic nitrogens is 2. The Hall–Kier alpha value is -2.86. The first kappa shape index (κ1) is 19.5. The van der Waals surface area contributed by atoms with Crippen LogP contribution in [-0.4, -0.2) is 43.1 Å². The highest BCUT2D eigenvalue weighted by Crippen LogP contribution is 2.32. The van der Waals surface area contributed by atoms with Gasteiger partial charge in [0.2, 0.25) is 5.82 Å². The number of methoxy groups -OCH3 is 1. The van der Waals surface area contributed by atoms with Crippen LogP contribution in [-0.2, 0) is 9.59 Å². The minimum atomic E-state index is 0.250. The summed E-state index contributed by atoms with van der Waals surface area (Å²) in [5.74, 6) is 2.72. The predicted octanol–water partition coefficient (Wildman–Crippen LogP) is 2.80. The summed E-state index contributed by atoms with van der Waals surface area (Å²) in [7, 11) is 1.62. The third-order valence-corrected chi connectivity index (χ3v) is 4.19. The normalized spacial score (nSPS) is 14.2. The Kier molecular flexibility index (Phi) is 7.17. The molecule has 8 nitrogen and oxygen atoms in total. The van der Waals surface area contributed by atoms with Gasteiger partial charge >= 0.3 is 12.2 Å². The second-order valence-electron chi connectivity index (χ2n) is 5.95. The zero-order valence-electron chi connectivity index (χ0n) is 15.2. The first-order valence-corrected chi connectivity index (χ1v) is 8.52. The summed E-state index contributed by atoms with van der Waals surface area (Å²) in [5, 5.41) is 4.11. The van der Waals surface area contributed by atoms with Gasteiger partial charge in [0.05, 0.1) is 13.7 Å². The third-order valence-electron chi connectivity index (χ3n) is 4.19. The maximum absolute atomic E-state index is 8.12. The molecule has 2 heterocycles. The van der Waals surface area contributed by atoms with Crippen LogP contribution in [0.3, 0.4) is 0 Å². The van der Waals surface area contributed by atoms with Gasteiger partial charge in [-0.1, -0.05) is 12.1 Å². The van der Waals surface area contributed by atoms with Crippen LogP contribution in [0.5, 0.6) is 11.5 Å². The predicted molar refractivity (Wildman–Crippen MR) is 93.1 cm³/mol. The van der Waals surface area contributed by atoms with Crippen LogP contribution in [0.4, 0.5) is 6.01 Å². The molecule has 3 rings (SSSR count). The summed E-state index contributed by atoms with van der Waals surface area (Å²) < 4.78 is 16.3. The first-order valence-electron chi connectivity index (χ1n) is 8.52. The zero-order chi connectivity index (χ0) is 18.9. The quantitative estimate of drug-likeness (QED) is 0.802. The topological polar surface area (TPSA) is 94.8 Å². The van der Waals surface area contributed by atoms with E-state index in [9.17, 15) is 0 Å². The van der Waals surface area contributed by atoms with Gasteiger partial charge in [0.25, 0.3) is 0 Å². The molecule has 0 unspecified atom stereocenters. The molecule has 2 aromatic rings. The molecule has 1 fully saturated rings. The number of carbonyl (C=O) groups excluding carboxylic acids is 2. The fourth-order valence-corrected chi connectivity index (χ4v) is 2.74. The van der Waals surface area contributed by atoms with Gasteiger partial charge in [-0.3, -0.25) is 0 Å². The lowest BCUT2D eigenvalue weighted by molar-refractivity contribution is -0.191. The van der Waals surface area contributed by atoms with E-state index < -0.39 is 0 Å². The molecule has 0 atom stereocenters. The average molecular weight is 361 g/mol. The molecule has 0 amide bonds. The molecular formula is C18H23N3O5. The standard InChI is InChI=1S/C17H23N3O3.CO2/c1-4-22-14-6-5-13(11-15(14)21-3)16-18-17(23-19-16)20-9-7-12(2)8-10-20;2-1-3/h5-6,11-12H,4,7-10H2,1-3H3;. The van der Waals surface area contributed by atoms with Gasteiger partial charge in [-0.25, -0.2) is 0 Å². The second kappa shape index (κ2) is 9.58.